The predicted octanol–water partition coefficient (Wildman–Crippen LogP) is 4.70. The van der Waals surface area contributed by atoms with Crippen LogP contribution in [0.4, 0.5) is 5.00 Å². The molecule has 2 heterocycles. The fraction of sp³-hybridized carbons (Fsp3) is 0.130. The second-order valence-electron chi connectivity index (χ2n) is 6.70. The summed E-state index contributed by atoms with van der Waals surface area (Å²) >= 11 is 1.47. The third kappa shape index (κ3) is 3.55. The molecule has 0 amide bonds. The summed E-state index contributed by atoms with van der Waals surface area (Å²) in [4.78, 5) is 26.7. The lowest BCUT2D eigenvalue weighted by Gasteiger charge is -2.18. The minimum absolute atomic E-state index is 0.0750. The number of hydrogen-bond acceptors (Lipinski definition) is 5. The molecule has 0 aliphatic heterocycles. The Kier molecular flexibility index (Phi) is 5.54. The van der Waals surface area contributed by atoms with Crippen molar-refractivity contribution >= 4 is 39.7 Å². The van der Waals surface area contributed by atoms with Crippen LogP contribution in [-0.4, -0.2) is 29.2 Å². The van der Waals surface area contributed by atoms with Gasteiger partial charge in [-0.05, 0) is 43.3 Å². The first-order valence-corrected chi connectivity index (χ1v) is 10.4. The van der Waals surface area contributed by atoms with E-state index in [4.69, 9.17) is 4.99 Å². The summed E-state index contributed by atoms with van der Waals surface area (Å²) in [6.07, 6.45) is 0. The van der Waals surface area contributed by atoms with E-state index < -0.39 is 0 Å². The van der Waals surface area contributed by atoms with Crippen LogP contribution < -0.4 is 10.9 Å². The standard InChI is InChI=1S/C23H21N5OS/c1-15(27-21(24-2)20-22(25-3)30-14-26-20)19-13-16-9-7-8-12-18(16)23(29)28(19)17-10-5-4-6-11-17/h4-15,25H,2H2,1,3H3/t15-/m0/s1. The first-order chi connectivity index (χ1) is 14.6. The number of fused-ring (bicyclic) bond motifs is 1. The molecular weight excluding hydrogens is 394 g/mol. The Morgan fingerprint density at radius 2 is 1.90 bits per heavy atom. The summed E-state index contributed by atoms with van der Waals surface area (Å²) < 4.78 is 1.72. The van der Waals surface area contributed by atoms with Crippen LogP contribution in [0.25, 0.3) is 16.5 Å². The van der Waals surface area contributed by atoms with Crippen LogP contribution in [0.15, 0.2) is 81.0 Å². The van der Waals surface area contributed by atoms with Gasteiger partial charge in [-0.25, -0.2) is 9.98 Å². The van der Waals surface area contributed by atoms with Crippen molar-refractivity contribution < 1.29 is 0 Å². The summed E-state index contributed by atoms with van der Waals surface area (Å²) in [7, 11) is 1.83. The fourth-order valence-corrected chi connectivity index (χ4v) is 4.08. The summed E-state index contributed by atoms with van der Waals surface area (Å²) in [5.74, 6) is 0.438. The van der Waals surface area contributed by atoms with E-state index >= 15 is 0 Å². The molecule has 0 spiro atoms. The monoisotopic (exact) mass is 415 g/mol. The highest BCUT2D eigenvalue weighted by molar-refractivity contribution is 7.14. The van der Waals surface area contributed by atoms with E-state index in [2.05, 4.69) is 22.0 Å². The Bertz CT molecular complexity index is 1290. The van der Waals surface area contributed by atoms with Crippen LogP contribution in [0.2, 0.25) is 0 Å². The van der Waals surface area contributed by atoms with Gasteiger partial charge in [-0.15, -0.1) is 11.3 Å². The van der Waals surface area contributed by atoms with Gasteiger partial charge < -0.3 is 5.32 Å². The fourth-order valence-electron chi connectivity index (χ4n) is 3.44. The molecule has 7 heteroatoms. The molecule has 1 N–H and O–H groups in total. The molecule has 0 radical (unpaired) electrons. The number of nitrogens with zero attached hydrogens (tertiary/aromatic N) is 4. The van der Waals surface area contributed by atoms with Crippen molar-refractivity contribution in [2.75, 3.05) is 12.4 Å². The molecule has 0 aliphatic rings. The van der Waals surface area contributed by atoms with Gasteiger partial charge in [0.25, 0.3) is 5.56 Å². The second kappa shape index (κ2) is 8.42. The molecule has 4 rings (SSSR count). The van der Waals surface area contributed by atoms with E-state index in [1.165, 1.54) is 11.3 Å². The number of hydrogen-bond donors (Lipinski definition) is 1. The van der Waals surface area contributed by atoms with E-state index in [9.17, 15) is 4.79 Å². The van der Waals surface area contributed by atoms with Gasteiger partial charge in [-0.1, -0.05) is 36.4 Å². The number of benzene rings is 2. The summed E-state index contributed by atoms with van der Waals surface area (Å²) in [5, 5.41) is 5.52. The summed E-state index contributed by atoms with van der Waals surface area (Å²) in [5.41, 5.74) is 3.88. The largest absolute Gasteiger partial charge is 0.378 e. The molecule has 2 aromatic carbocycles. The zero-order valence-corrected chi connectivity index (χ0v) is 17.6. The number of aliphatic imine (C=N–C) groups is 2. The Morgan fingerprint density at radius 1 is 1.17 bits per heavy atom. The molecular formula is C23H21N5OS. The van der Waals surface area contributed by atoms with Crippen LogP contribution in [-0.2, 0) is 0 Å². The third-order valence-electron chi connectivity index (χ3n) is 4.87. The van der Waals surface area contributed by atoms with Crippen molar-refractivity contribution in [3.63, 3.8) is 0 Å². The van der Waals surface area contributed by atoms with Crippen LogP contribution in [0.1, 0.15) is 24.4 Å². The van der Waals surface area contributed by atoms with E-state index in [1.54, 1.807) is 10.1 Å². The minimum Gasteiger partial charge on any atom is -0.378 e. The quantitative estimate of drug-likeness (QED) is 0.379. The van der Waals surface area contributed by atoms with Gasteiger partial charge in [-0.3, -0.25) is 14.4 Å². The van der Waals surface area contributed by atoms with Gasteiger partial charge in [0.2, 0.25) is 0 Å². The molecule has 0 bridgehead atoms. The number of nitrogens with one attached hydrogen (secondary N) is 1. The number of amidine groups is 1. The number of para-hydroxylation sites is 1. The molecule has 0 fully saturated rings. The molecule has 6 nitrogen and oxygen atoms in total. The maximum absolute atomic E-state index is 13.4. The zero-order chi connectivity index (χ0) is 21.1. The Labute approximate surface area is 178 Å². The highest BCUT2D eigenvalue weighted by Crippen LogP contribution is 2.26. The number of anilines is 1. The van der Waals surface area contributed by atoms with Crippen LogP contribution in [0.5, 0.6) is 0 Å². The smallest absolute Gasteiger partial charge is 0.263 e. The molecule has 2 aromatic heterocycles. The average Bonchev–Trinajstić information content (AvgIpc) is 3.26. The molecule has 0 saturated heterocycles. The third-order valence-corrected chi connectivity index (χ3v) is 5.71. The predicted molar refractivity (Wildman–Crippen MR) is 126 cm³/mol. The number of thiazole rings is 1. The Balaban J connectivity index is 1.93. The van der Waals surface area contributed by atoms with Crippen molar-refractivity contribution in [3.05, 3.63) is 87.9 Å². The van der Waals surface area contributed by atoms with Crippen molar-refractivity contribution in [1.29, 1.82) is 0 Å². The molecule has 0 unspecified atom stereocenters. The molecule has 0 aliphatic carbocycles. The molecule has 30 heavy (non-hydrogen) atoms. The molecule has 0 saturated carbocycles. The van der Waals surface area contributed by atoms with Gasteiger partial charge in [-0.2, -0.15) is 0 Å². The maximum Gasteiger partial charge on any atom is 0.263 e. The van der Waals surface area contributed by atoms with Crippen LogP contribution in [0, 0.1) is 0 Å². The lowest BCUT2D eigenvalue weighted by Crippen LogP contribution is -2.23. The van der Waals surface area contributed by atoms with E-state index in [0.29, 0.717) is 16.9 Å². The van der Waals surface area contributed by atoms with Crippen molar-refractivity contribution in [2.24, 2.45) is 9.98 Å². The lowest BCUT2D eigenvalue weighted by atomic mass is 10.1. The van der Waals surface area contributed by atoms with E-state index in [-0.39, 0.29) is 11.6 Å². The van der Waals surface area contributed by atoms with Gasteiger partial charge in [0, 0.05) is 18.1 Å². The zero-order valence-electron chi connectivity index (χ0n) is 16.7. The maximum atomic E-state index is 13.4. The van der Waals surface area contributed by atoms with Crippen molar-refractivity contribution in [3.8, 4) is 5.69 Å². The average molecular weight is 416 g/mol. The minimum atomic E-state index is -0.352. The van der Waals surface area contributed by atoms with Gasteiger partial charge in [0.1, 0.15) is 10.7 Å². The van der Waals surface area contributed by atoms with Gasteiger partial charge in [0.05, 0.1) is 17.2 Å². The topological polar surface area (TPSA) is 71.6 Å². The molecule has 1 atom stereocenters. The highest BCUT2D eigenvalue weighted by Gasteiger charge is 2.18. The number of aromatic nitrogens is 2. The highest BCUT2D eigenvalue weighted by atomic mass is 32.1. The Morgan fingerprint density at radius 3 is 2.63 bits per heavy atom. The SMILES string of the molecule is C=NC(=N[C@@H](C)c1cc2ccccc2c(=O)n1-c1ccccc1)c1ncsc1NC. The van der Waals surface area contributed by atoms with Crippen molar-refractivity contribution in [2.45, 2.75) is 13.0 Å². The second-order valence-corrected chi connectivity index (χ2v) is 7.55. The summed E-state index contributed by atoms with van der Waals surface area (Å²) in [6, 6.07) is 18.9. The van der Waals surface area contributed by atoms with Crippen molar-refractivity contribution in [1.82, 2.24) is 9.55 Å². The summed E-state index contributed by atoms with van der Waals surface area (Å²) in [6.45, 7) is 5.62. The first-order valence-electron chi connectivity index (χ1n) is 9.50. The lowest BCUT2D eigenvalue weighted by molar-refractivity contribution is 0.735. The normalized spacial score (nSPS) is 12.7. The Hall–Kier alpha value is -3.58. The van der Waals surface area contributed by atoms with E-state index in [1.807, 2.05) is 74.6 Å². The first kappa shape index (κ1) is 19.7. The number of pyridine rings is 1. The number of rotatable bonds is 5. The molecule has 4 aromatic rings. The van der Waals surface area contributed by atoms with Gasteiger partial charge in [0.15, 0.2) is 5.84 Å². The van der Waals surface area contributed by atoms with Crippen LogP contribution >= 0.6 is 11.3 Å². The molecule has 150 valence electrons. The van der Waals surface area contributed by atoms with E-state index in [0.717, 1.165) is 21.8 Å². The van der Waals surface area contributed by atoms with Crippen LogP contribution in [0.3, 0.4) is 0 Å². The van der Waals surface area contributed by atoms with Gasteiger partial charge >= 0.3 is 0 Å².